The van der Waals surface area contributed by atoms with Crippen LogP contribution in [0, 0.1) is 0 Å². The van der Waals surface area contributed by atoms with Gasteiger partial charge >= 0.3 is 0 Å². The zero-order valence-corrected chi connectivity index (χ0v) is 9.88. The van der Waals surface area contributed by atoms with Crippen molar-refractivity contribution in [2.45, 2.75) is 32.6 Å². The van der Waals surface area contributed by atoms with E-state index in [4.69, 9.17) is 11.6 Å². The maximum atomic E-state index is 5.96. The lowest BCUT2D eigenvalue weighted by Crippen LogP contribution is -1.90. The van der Waals surface area contributed by atoms with Crippen LogP contribution in [0.5, 0.6) is 0 Å². The summed E-state index contributed by atoms with van der Waals surface area (Å²) < 4.78 is 0. The minimum Gasteiger partial charge on any atom is -0.141 e. The molecule has 72 valence electrons. The molecule has 0 nitrogen and oxygen atoms in total. The van der Waals surface area contributed by atoms with E-state index in [-0.39, 0.29) is 5.38 Å². The van der Waals surface area contributed by atoms with E-state index in [0.29, 0.717) is 0 Å². The van der Waals surface area contributed by atoms with Gasteiger partial charge in [-0.05, 0) is 38.5 Å². The van der Waals surface area contributed by atoms with Crippen LogP contribution in [0.2, 0.25) is 0 Å². The third kappa shape index (κ3) is 3.17. The molecule has 0 bridgehead atoms. The SMILES string of the molecule is CCc1ccc(/C=C(/C)C(C)Cl)s1. The van der Waals surface area contributed by atoms with Gasteiger partial charge in [-0.25, -0.2) is 0 Å². The number of alkyl halides is 1. The highest BCUT2D eigenvalue weighted by atomic mass is 35.5. The molecule has 0 saturated carbocycles. The number of hydrogen-bond acceptors (Lipinski definition) is 1. The molecule has 1 aromatic rings. The van der Waals surface area contributed by atoms with Gasteiger partial charge in [-0.2, -0.15) is 0 Å². The highest BCUT2D eigenvalue weighted by Gasteiger charge is 2.00. The minimum absolute atomic E-state index is 0.132. The summed E-state index contributed by atoms with van der Waals surface area (Å²) in [4.78, 5) is 2.74. The van der Waals surface area contributed by atoms with Gasteiger partial charge in [0.2, 0.25) is 0 Å². The van der Waals surface area contributed by atoms with Crippen LogP contribution >= 0.6 is 22.9 Å². The highest BCUT2D eigenvalue weighted by Crippen LogP contribution is 2.21. The number of aryl methyl sites for hydroxylation is 1. The molecule has 1 atom stereocenters. The van der Waals surface area contributed by atoms with Crippen molar-refractivity contribution in [1.82, 2.24) is 0 Å². The Bertz CT molecular complexity index is 297. The molecule has 0 radical (unpaired) electrons. The van der Waals surface area contributed by atoms with E-state index in [1.165, 1.54) is 15.3 Å². The molecule has 1 aromatic heterocycles. The Morgan fingerprint density at radius 1 is 1.62 bits per heavy atom. The van der Waals surface area contributed by atoms with Crippen LogP contribution in [-0.2, 0) is 6.42 Å². The summed E-state index contributed by atoms with van der Waals surface area (Å²) >= 11 is 7.80. The number of thiophene rings is 1. The van der Waals surface area contributed by atoms with Crippen LogP contribution in [0.15, 0.2) is 17.7 Å². The number of allylic oxidation sites excluding steroid dienone is 1. The van der Waals surface area contributed by atoms with Crippen LogP contribution in [-0.4, -0.2) is 5.38 Å². The number of hydrogen-bond donors (Lipinski definition) is 0. The lowest BCUT2D eigenvalue weighted by Gasteiger charge is -2.00. The quantitative estimate of drug-likeness (QED) is 0.657. The van der Waals surface area contributed by atoms with Crippen molar-refractivity contribution in [1.29, 1.82) is 0 Å². The van der Waals surface area contributed by atoms with E-state index in [9.17, 15) is 0 Å². The zero-order chi connectivity index (χ0) is 9.84. The molecule has 0 aromatic carbocycles. The first kappa shape index (κ1) is 10.8. The molecule has 0 fully saturated rings. The normalized spacial score (nSPS) is 14.6. The van der Waals surface area contributed by atoms with E-state index >= 15 is 0 Å². The molecular formula is C11H15ClS. The standard InChI is InChI=1S/C11H15ClS/c1-4-10-5-6-11(13-10)7-8(2)9(3)12/h5-7,9H,4H2,1-3H3/b8-7-. The largest absolute Gasteiger partial charge is 0.141 e. The van der Waals surface area contributed by atoms with Crippen molar-refractivity contribution in [3.8, 4) is 0 Å². The first-order valence-corrected chi connectivity index (χ1v) is 5.79. The fourth-order valence-electron chi connectivity index (χ4n) is 1.00. The van der Waals surface area contributed by atoms with Crippen molar-refractivity contribution in [2.75, 3.05) is 0 Å². The van der Waals surface area contributed by atoms with Gasteiger partial charge in [0, 0.05) is 9.75 Å². The maximum Gasteiger partial charge on any atom is 0.0517 e. The molecule has 13 heavy (non-hydrogen) atoms. The monoisotopic (exact) mass is 214 g/mol. The van der Waals surface area contributed by atoms with E-state index < -0.39 is 0 Å². The predicted octanol–water partition coefficient (Wildman–Crippen LogP) is 4.34. The molecule has 1 heterocycles. The van der Waals surface area contributed by atoms with Crippen LogP contribution < -0.4 is 0 Å². The molecule has 1 unspecified atom stereocenters. The van der Waals surface area contributed by atoms with Crippen molar-refractivity contribution in [3.05, 3.63) is 27.5 Å². The van der Waals surface area contributed by atoms with Crippen molar-refractivity contribution < 1.29 is 0 Å². The molecule has 0 saturated heterocycles. The summed E-state index contributed by atoms with van der Waals surface area (Å²) in [5.74, 6) is 0. The van der Waals surface area contributed by atoms with E-state index in [0.717, 1.165) is 6.42 Å². The van der Waals surface area contributed by atoms with Crippen molar-refractivity contribution in [3.63, 3.8) is 0 Å². The molecule has 0 N–H and O–H groups in total. The Morgan fingerprint density at radius 2 is 2.31 bits per heavy atom. The van der Waals surface area contributed by atoms with Gasteiger partial charge in [0.1, 0.15) is 0 Å². The third-order valence-electron chi connectivity index (χ3n) is 2.03. The van der Waals surface area contributed by atoms with Crippen LogP contribution in [0.4, 0.5) is 0 Å². The predicted molar refractivity (Wildman–Crippen MR) is 62.7 cm³/mol. The van der Waals surface area contributed by atoms with Gasteiger partial charge in [0.25, 0.3) is 0 Å². The van der Waals surface area contributed by atoms with E-state index in [1.54, 1.807) is 0 Å². The minimum atomic E-state index is 0.132. The average molecular weight is 215 g/mol. The summed E-state index contributed by atoms with van der Waals surface area (Å²) in [6.07, 6.45) is 3.29. The molecule has 0 spiro atoms. The summed E-state index contributed by atoms with van der Waals surface area (Å²) in [6, 6.07) is 4.34. The third-order valence-corrected chi connectivity index (χ3v) is 3.55. The number of rotatable bonds is 3. The van der Waals surface area contributed by atoms with Crippen LogP contribution in [0.1, 0.15) is 30.5 Å². The summed E-state index contributed by atoms with van der Waals surface area (Å²) in [6.45, 7) is 6.25. The van der Waals surface area contributed by atoms with Crippen LogP contribution in [0.3, 0.4) is 0 Å². The number of halogens is 1. The lowest BCUT2D eigenvalue weighted by molar-refractivity contribution is 1.12. The topological polar surface area (TPSA) is 0 Å². The second-order valence-electron chi connectivity index (χ2n) is 3.16. The Hall–Kier alpha value is -0.270. The Kier molecular flexibility index (Phi) is 4.01. The van der Waals surface area contributed by atoms with E-state index in [1.807, 2.05) is 18.3 Å². The highest BCUT2D eigenvalue weighted by molar-refractivity contribution is 7.12. The molecule has 0 aliphatic carbocycles. The Morgan fingerprint density at radius 3 is 2.77 bits per heavy atom. The van der Waals surface area contributed by atoms with Gasteiger partial charge in [-0.1, -0.05) is 12.5 Å². The first-order chi connectivity index (χ1) is 6.13. The van der Waals surface area contributed by atoms with Gasteiger partial charge in [0.05, 0.1) is 5.38 Å². The smallest absolute Gasteiger partial charge is 0.0517 e. The van der Waals surface area contributed by atoms with Gasteiger partial charge < -0.3 is 0 Å². The lowest BCUT2D eigenvalue weighted by atomic mass is 10.2. The van der Waals surface area contributed by atoms with Crippen molar-refractivity contribution >= 4 is 29.0 Å². The van der Waals surface area contributed by atoms with E-state index in [2.05, 4.69) is 32.1 Å². The molecular weight excluding hydrogens is 200 g/mol. The first-order valence-electron chi connectivity index (χ1n) is 4.54. The second-order valence-corrected chi connectivity index (χ2v) is 5.02. The molecule has 0 amide bonds. The Balaban J connectivity index is 2.79. The summed E-state index contributed by atoms with van der Waals surface area (Å²) in [7, 11) is 0. The van der Waals surface area contributed by atoms with Gasteiger partial charge in [-0.3, -0.25) is 0 Å². The molecule has 0 aliphatic heterocycles. The van der Waals surface area contributed by atoms with Crippen LogP contribution in [0.25, 0.3) is 6.08 Å². The average Bonchev–Trinajstić information content (AvgIpc) is 2.52. The fraction of sp³-hybridized carbons (Fsp3) is 0.455. The van der Waals surface area contributed by atoms with Gasteiger partial charge in [0.15, 0.2) is 0 Å². The molecule has 2 heteroatoms. The Labute approximate surface area is 89.2 Å². The molecule has 0 aliphatic rings. The van der Waals surface area contributed by atoms with Gasteiger partial charge in [-0.15, -0.1) is 22.9 Å². The zero-order valence-electron chi connectivity index (χ0n) is 8.30. The summed E-state index contributed by atoms with van der Waals surface area (Å²) in [5.41, 5.74) is 1.23. The summed E-state index contributed by atoms with van der Waals surface area (Å²) in [5, 5.41) is 0.132. The molecule has 1 rings (SSSR count). The van der Waals surface area contributed by atoms with Crippen molar-refractivity contribution in [2.24, 2.45) is 0 Å². The second kappa shape index (κ2) is 4.83. The maximum absolute atomic E-state index is 5.96. The fourth-order valence-corrected chi connectivity index (χ4v) is 2.03.